The topological polar surface area (TPSA) is 43.2 Å². The van der Waals surface area contributed by atoms with Gasteiger partial charge in [0.05, 0.1) is 0 Å². The quantitative estimate of drug-likeness (QED) is 0.175. The molecule has 0 N–H and O–H groups in total. The van der Waals surface area contributed by atoms with Gasteiger partial charge in [0.25, 0.3) is 0 Å². The molecule has 0 atom stereocenters. The predicted molar refractivity (Wildman–Crippen MR) is 152 cm³/mol. The fraction of sp³-hybridized carbons (Fsp3) is 0.152. The van der Waals surface area contributed by atoms with E-state index in [9.17, 15) is 0 Å². The summed E-state index contributed by atoms with van der Waals surface area (Å²) in [6, 6.07) is 35.8. The zero-order chi connectivity index (χ0) is 25.3. The smallest absolute Gasteiger partial charge is 0.460 e. The number of pyridine rings is 2. The van der Waals surface area contributed by atoms with Gasteiger partial charge in [-0.15, -0.1) is 18.2 Å². The number of benzene rings is 3. The monoisotopic (exact) mass is 689 g/mol. The predicted octanol–water partition coefficient (Wildman–Crippen LogP) is 7.62. The Hall–Kier alpha value is -3.95. The summed E-state index contributed by atoms with van der Waals surface area (Å²) in [4.78, 5) is 11.5. The molecule has 7 rings (SSSR count). The first-order valence-corrected chi connectivity index (χ1v) is 13.1. The largest absolute Gasteiger partial charge is 2.00 e. The summed E-state index contributed by atoms with van der Waals surface area (Å²) in [5, 5.41) is 2.32. The number of piperidine rings is 1. The molecule has 39 heavy (non-hydrogen) atoms. The van der Waals surface area contributed by atoms with E-state index < -0.39 is 0 Å². The molecule has 3 aromatic heterocycles. The first kappa shape index (κ1) is 25.3. The number of rotatable bonds is 5. The van der Waals surface area contributed by atoms with Crippen LogP contribution in [0.15, 0.2) is 97.3 Å². The molecule has 4 heterocycles. The molecule has 0 bridgehead atoms. The summed E-state index contributed by atoms with van der Waals surface area (Å²) in [6.07, 6.45) is 7.41. The van der Waals surface area contributed by atoms with Crippen molar-refractivity contribution in [3.63, 3.8) is 0 Å². The molecule has 1 aliphatic rings. The van der Waals surface area contributed by atoms with E-state index in [1.165, 1.54) is 24.6 Å². The second kappa shape index (κ2) is 11.0. The Morgan fingerprint density at radius 3 is 2.41 bits per heavy atom. The van der Waals surface area contributed by atoms with Crippen molar-refractivity contribution in [2.45, 2.75) is 19.3 Å². The molecule has 0 unspecified atom stereocenters. The molecule has 194 valence electrons. The number of anilines is 1. The van der Waals surface area contributed by atoms with Gasteiger partial charge in [-0.2, -0.15) is 24.3 Å². The van der Waals surface area contributed by atoms with Gasteiger partial charge >= 0.3 is 21.1 Å². The van der Waals surface area contributed by atoms with Crippen LogP contribution >= 0.6 is 0 Å². The van der Waals surface area contributed by atoms with E-state index in [-0.39, 0.29) is 21.1 Å². The average molecular weight is 690 g/mol. The molecule has 5 nitrogen and oxygen atoms in total. The second-order valence-corrected chi connectivity index (χ2v) is 9.61. The van der Waals surface area contributed by atoms with Crippen molar-refractivity contribution in [2.24, 2.45) is 0 Å². The van der Waals surface area contributed by atoms with Crippen LogP contribution in [0.4, 0.5) is 5.69 Å². The van der Waals surface area contributed by atoms with Crippen LogP contribution in [0.5, 0.6) is 11.6 Å². The summed E-state index contributed by atoms with van der Waals surface area (Å²) in [6.45, 7) is 2.16. The number of hydrogen-bond acceptors (Lipinski definition) is 4. The third kappa shape index (κ3) is 4.95. The Morgan fingerprint density at radius 2 is 1.54 bits per heavy atom. The minimum Gasteiger partial charge on any atom is -0.460 e. The van der Waals surface area contributed by atoms with Gasteiger partial charge in [-0.3, -0.25) is 0 Å². The van der Waals surface area contributed by atoms with Gasteiger partial charge in [0.2, 0.25) is 5.88 Å². The van der Waals surface area contributed by atoms with Crippen molar-refractivity contribution >= 4 is 27.5 Å². The van der Waals surface area contributed by atoms with Gasteiger partial charge in [-0.25, -0.2) is 21.1 Å². The van der Waals surface area contributed by atoms with Gasteiger partial charge in [-0.05, 0) is 54.4 Å². The van der Waals surface area contributed by atoms with Crippen LogP contribution in [-0.2, 0) is 21.1 Å². The fourth-order valence-electron chi connectivity index (χ4n) is 5.35. The zero-order valence-electron chi connectivity index (χ0n) is 21.3. The Labute approximate surface area is 242 Å². The molecule has 1 aliphatic heterocycles. The Morgan fingerprint density at radius 1 is 0.692 bits per heavy atom. The van der Waals surface area contributed by atoms with Crippen LogP contribution < -0.4 is 9.64 Å². The summed E-state index contributed by atoms with van der Waals surface area (Å²) in [7, 11) is 0. The van der Waals surface area contributed by atoms with E-state index in [0.717, 1.165) is 52.1 Å². The van der Waals surface area contributed by atoms with Crippen LogP contribution in [0.3, 0.4) is 0 Å². The van der Waals surface area contributed by atoms with Crippen LogP contribution in [0.2, 0.25) is 0 Å². The SMILES string of the molecule is [Pt+2].[c-]1c(Oc2cc(N3CCCCC3)ccn2)cccc1-c1[c-]c2c(cc1)c1ccccc1n2-c1ccccn1. The van der Waals surface area contributed by atoms with Gasteiger partial charge in [0.15, 0.2) is 0 Å². The van der Waals surface area contributed by atoms with Gasteiger partial charge in [0.1, 0.15) is 5.82 Å². The van der Waals surface area contributed by atoms with Crippen molar-refractivity contribution in [3.05, 3.63) is 109 Å². The van der Waals surface area contributed by atoms with Crippen LogP contribution in [0.25, 0.3) is 38.8 Å². The molecule has 1 fully saturated rings. The molecule has 1 saturated heterocycles. The van der Waals surface area contributed by atoms with Crippen LogP contribution in [-0.4, -0.2) is 27.6 Å². The summed E-state index contributed by atoms with van der Waals surface area (Å²) >= 11 is 0. The van der Waals surface area contributed by atoms with Gasteiger partial charge < -0.3 is 14.2 Å². The Kier molecular flexibility index (Phi) is 7.17. The minimum absolute atomic E-state index is 0. The first-order valence-electron chi connectivity index (χ1n) is 13.1. The average Bonchev–Trinajstić information content (AvgIpc) is 3.32. The Bertz CT molecular complexity index is 1740. The zero-order valence-corrected chi connectivity index (χ0v) is 23.6. The van der Waals surface area contributed by atoms with Crippen molar-refractivity contribution < 1.29 is 25.8 Å². The van der Waals surface area contributed by atoms with E-state index >= 15 is 0 Å². The van der Waals surface area contributed by atoms with Crippen LogP contribution in [0, 0.1) is 12.1 Å². The van der Waals surface area contributed by atoms with Crippen molar-refractivity contribution in [1.29, 1.82) is 0 Å². The molecular formula is C33H26N4OPt. The molecule has 0 radical (unpaired) electrons. The molecular weight excluding hydrogens is 663 g/mol. The standard InChI is InChI=1S/C33H26N4O.Pt/c1-6-19-36(20-7-1)26-16-18-35-33(23-26)38-27-10-8-9-24(21-27)25-14-15-29-28-11-2-3-12-30(28)37(31(29)22-25)32-13-4-5-17-34-32;/h2-5,8-18,23H,1,6-7,19-20H2;/q-2;+2. The Balaban J connectivity index is 0.00000277. The van der Waals surface area contributed by atoms with E-state index in [1.54, 1.807) is 0 Å². The van der Waals surface area contributed by atoms with E-state index in [2.05, 4.69) is 74.0 Å². The number of nitrogens with zero attached hydrogens (tertiary/aromatic N) is 4. The molecule has 0 amide bonds. The van der Waals surface area contributed by atoms with E-state index in [1.807, 2.05) is 54.9 Å². The second-order valence-electron chi connectivity index (χ2n) is 9.61. The normalized spacial score (nSPS) is 13.4. The van der Waals surface area contributed by atoms with Crippen LogP contribution in [0.1, 0.15) is 19.3 Å². The van der Waals surface area contributed by atoms with Crippen molar-refractivity contribution in [3.8, 4) is 28.6 Å². The molecule has 0 saturated carbocycles. The number of hydrogen-bond donors (Lipinski definition) is 0. The maximum Gasteiger partial charge on any atom is 2.00 e. The van der Waals surface area contributed by atoms with E-state index in [0.29, 0.717) is 11.6 Å². The summed E-state index contributed by atoms with van der Waals surface area (Å²) in [5.41, 5.74) is 5.10. The van der Waals surface area contributed by atoms with Crippen molar-refractivity contribution in [2.75, 3.05) is 18.0 Å². The molecule has 6 heteroatoms. The summed E-state index contributed by atoms with van der Waals surface area (Å²) < 4.78 is 8.35. The third-order valence-corrected chi connectivity index (χ3v) is 7.17. The number of aromatic nitrogens is 3. The number of fused-ring (bicyclic) bond motifs is 3. The summed E-state index contributed by atoms with van der Waals surface area (Å²) in [5.74, 6) is 2.08. The molecule has 0 spiro atoms. The number of para-hydroxylation sites is 1. The maximum atomic E-state index is 6.18. The molecule has 6 aromatic rings. The third-order valence-electron chi connectivity index (χ3n) is 7.17. The fourth-order valence-corrected chi connectivity index (χ4v) is 5.35. The van der Waals surface area contributed by atoms with Gasteiger partial charge in [-0.1, -0.05) is 29.7 Å². The minimum atomic E-state index is 0. The molecule has 0 aliphatic carbocycles. The maximum absolute atomic E-state index is 6.18. The van der Waals surface area contributed by atoms with Crippen molar-refractivity contribution in [1.82, 2.24) is 14.5 Å². The number of ether oxygens (including phenoxy) is 1. The van der Waals surface area contributed by atoms with E-state index in [4.69, 9.17) is 4.74 Å². The molecule has 3 aromatic carbocycles. The first-order chi connectivity index (χ1) is 18.8. The van der Waals surface area contributed by atoms with Gasteiger partial charge in [0, 0.05) is 48.5 Å².